The van der Waals surface area contributed by atoms with Gasteiger partial charge in [-0.1, -0.05) is 13.0 Å². The number of fused-ring (bicyclic) bond motifs is 2. The Morgan fingerprint density at radius 1 is 1.10 bits per heavy atom. The van der Waals surface area contributed by atoms with Gasteiger partial charge in [0.25, 0.3) is 5.91 Å². The Morgan fingerprint density at radius 2 is 1.98 bits per heavy atom. The van der Waals surface area contributed by atoms with Gasteiger partial charge in [0.1, 0.15) is 23.2 Å². The van der Waals surface area contributed by atoms with Crippen molar-refractivity contribution in [3.63, 3.8) is 0 Å². The summed E-state index contributed by atoms with van der Waals surface area (Å²) in [6, 6.07) is 14.0. The summed E-state index contributed by atoms with van der Waals surface area (Å²) in [5.41, 5.74) is 4.24. The average molecular weight is 559 g/mol. The predicted octanol–water partition coefficient (Wildman–Crippen LogP) is 4.88. The lowest BCUT2D eigenvalue weighted by atomic mass is 9.95. The van der Waals surface area contributed by atoms with Crippen LogP contribution in [0.3, 0.4) is 0 Å². The zero-order valence-electron chi connectivity index (χ0n) is 23.8. The molecule has 0 aliphatic carbocycles. The first kappa shape index (κ1) is 26.8. The molecule has 7 nitrogen and oxygen atoms in total. The topological polar surface area (TPSA) is 66.9 Å². The first-order valence-corrected chi connectivity index (χ1v) is 15.2. The van der Waals surface area contributed by atoms with E-state index in [-0.39, 0.29) is 23.9 Å². The number of hydrogen-bond donors (Lipinski definition) is 1. The van der Waals surface area contributed by atoms with E-state index in [1.54, 1.807) is 6.07 Å². The van der Waals surface area contributed by atoms with Crippen LogP contribution >= 0.6 is 0 Å². The van der Waals surface area contributed by atoms with Crippen LogP contribution in [-0.2, 0) is 17.8 Å². The molecule has 216 valence electrons. The summed E-state index contributed by atoms with van der Waals surface area (Å²) < 4.78 is 27.2. The average Bonchev–Trinajstić information content (AvgIpc) is 3.51. The van der Waals surface area contributed by atoms with Crippen LogP contribution in [0.15, 0.2) is 42.5 Å². The summed E-state index contributed by atoms with van der Waals surface area (Å²) in [5, 5.41) is 4.27. The normalized spacial score (nSPS) is 25.7. The number of amides is 1. The van der Waals surface area contributed by atoms with Crippen molar-refractivity contribution in [3.8, 4) is 5.75 Å². The third-order valence-electron chi connectivity index (χ3n) is 9.40. The highest BCUT2D eigenvalue weighted by atomic mass is 19.1. The fourth-order valence-corrected chi connectivity index (χ4v) is 7.11. The predicted molar refractivity (Wildman–Crippen MR) is 156 cm³/mol. The van der Waals surface area contributed by atoms with Gasteiger partial charge in [0.05, 0.1) is 0 Å². The highest BCUT2D eigenvalue weighted by molar-refractivity contribution is 5.98. The van der Waals surface area contributed by atoms with Gasteiger partial charge in [-0.25, -0.2) is 9.37 Å². The van der Waals surface area contributed by atoms with E-state index >= 15 is 4.39 Å². The van der Waals surface area contributed by atoms with Crippen LogP contribution in [0.2, 0.25) is 0 Å². The number of nitrogens with one attached hydrogen (secondary N) is 1. The Morgan fingerprint density at radius 3 is 2.80 bits per heavy atom. The van der Waals surface area contributed by atoms with Crippen LogP contribution in [0.4, 0.5) is 4.39 Å². The summed E-state index contributed by atoms with van der Waals surface area (Å²) in [4.78, 5) is 22.1. The maximum absolute atomic E-state index is 15.2. The van der Waals surface area contributed by atoms with Crippen LogP contribution in [0.1, 0.15) is 65.7 Å². The number of carbonyl (C=O) groups excluding carboxylic acids is 1. The second-order valence-electron chi connectivity index (χ2n) is 12.4. The highest BCUT2D eigenvalue weighted by Crippen LogP contribution is 2.32. The molecule has 3 fully saturated rings. The summed E-state index contributed by atoms with van der Waals surface area (Å²) >= 11 is 0. The van der Waals surface area contributed by atoms with E-state index in [0.29, 0.717) is 30.4 Å². The Labute approximate surface area is 241 Å². The number of rotatable bonds is 6. The van der Waals surface area contributed by atoms with E-state index in [2.05, 4.69) is 35.3 Å². The summed E-state index contributed by atoms with van der Waals surface area (Å²) in [6.07, 6.45) is 4.08. The minimum atomic E-state index is -0.253. The number of ether oxygens (including phenoxy) is 2. The molecule has 1 N–H and O–H groups in total. The Kier molecular flexibility index (Phi) is 7.39. The van der Waals surface area contributed by atoms with Gasteiger partial charge in [0.15, 0.2) is 0 Å². The van der Waals surface area contributed by atoms with Crippen molar-refractivity contribution in [1.29, 1.82) is 0 Å². The third kappa shape index (κ3) is 5.45. The van der Waals surface area contributed by atoms with E-state index in [4.69, 9.17) is 14.5 Å². The molecule has 4 aliphatic heterocycles. The largest absolute Gasteiger partial charge is 0.489 e. The molecular weight excluding hydrogens is 519 g/mol. The van der Waals surface area contributed by atoms with Gasteiger partial charge in [-0.2, -0.15) is 0 Å². The van der Waals surface area contributed by atoms with E-state index in [9.17, 15) is 4.79 Å². The fourth-order valence-electron chi connectivity index (χ4n) is 7.11. The van der Waals surface area contributed by atoms with Crippen molar-refractivity contribution in [3.05, 3.63) is 70.7 Å². The van der Waals surface area contributed by atoms with Gasteiger partial charge in [0, 0.05) is 80.5 Å². The first-order chi connectivity index (χ1) is 20.0. The second-order valence-corrected chi connectivity index (χ2v) is 12.4. The number of carbonyl (C=O) groups is 1. The number of hydrogen-bond acceptors (Lipinski definition) is 6. The molecule has 1 aromatic heterocycles. The molecule has 3 saturated heterocycles. The molecule has 0 radical (unpaired) electrons. The number of pyridine rings is 1. The van der Waals surface area contributed by atoms with Crippen LogP contribution in [0.25, 0.3) is 10.9 Å². The standard InChI is InChI=1S/C33H39FN4O3/c1-21-17-37(18-22-13-24-4-7-30(23-8-11-40-12-9-23)36-32(24)29(34)14-22)20-31(21)41-27-5-6-28-25(15-27)19-38(33(28)39)26-3-2-10-35-16-26/h4-7,13-15,21,23,26,31,35H,2-3,8-12,16-20H2,1H3/t21-,26?,31-/m1/s1. The number of aromatic nitrogens is 1. The molecule has 0 spiro atoms. The molecule has 5 heterocycles. The van der Waals surface area contributed by atoms with Crippen molar-refractivity contribution in [1.82, 2.24) is 20.1 Å². The Bertz CT molecular complexity index is 1440. The molecule has 3 aromatic rings. The minimum absolute atomic E-state index is 0.0396. The quantitative estimate of drug-likeness (QED) is 0.466. The molecule has 41 heavy (non-hydrogen) atoms. The molecule has 1 unspecified atom stereocenters. The van der Waals surface area contributed by atoms with Crippen LogP contribution in [0.5, 0.6) is 5.75 Å². The molecule has 0 bridgehead atoms. The molecule has 0 saturated carbocycles. The lowest BCUT2D eigenvalue weighted by Gasteiger charge is -2.31. The van der Waals surface area contributed by atoms with Crippen molar-refractivity contribution < 1.29 is 18.7 Å². The van der Waals surface area contributed by atoms with E-state index < -0.39 is 0 Å². The zero-order valence-corrected chi connectivity index (χ0v) is 23.8. The minimum Gasteiger partial charge on any atom is -0.489 e. The summed E-state index contributed by atoms with van der Waals surface area (Å²) in [7, 11) is 0. The molecule has 7 rings (SSSR count). The van der Waals surface area contributed by atoms with Crippen LogP contribution in [0, 0.1) is 11.7 Å². The monoisotopic (exact) mass is 558 g/mol. The molecule has 1 amide bonds. The lowest BCUT2D eigenvalue weighted by molar-refractivity contribution is 0.0674. The maximum atomic E-state index is 15.2. The Balaban J connectivity index is 1.000. The molecular formula is C33H39FN4O3. The van der Waals surface area contributed by atoms with Gasteiger partial charge in [0.2, 0.25) is 0 Å². The van der Waals surface area contributed by atoms with E-state index in [1.165, 1.54) is 0 Å². The zero-order chi connectivity index (χ0) is 27.9. The van der Waals surface area contributed by atoms with Crippen molar-refractivity contribution in [2.75, 3.05) is 39.4 Å². The van der Waals surface area contributed by atoms with Crippen LogP contribution in [-0.4, -0.2) is 72.2 Å². The van der Waals surface area contributed by atoms with Crippen molar-refractivity contribution in [2.24, 2.45) is 5.92 Å². The number of benzene rings is 2. The molecule has 4 aliphatic rings. The highest BCUT2D eigenvalue weighted by Gasteiger charge is 2.35. The smallest absolute Gasteiger partial charge is 0.254 e. The van der Waals surface area contributed by atoms with Gasteiger partial charge < -0.3 is 19.7 Å². The SMILES string of the molecule is C[C@@H]1CN(Cc2cc(F)c3nc(C4CCOCC4)ccc3c2)C[C@H]1Oc1ccc2c(c1)CN(C1CCCNC1)C2=O. The molecule has 2 aromatic carbocycles. The Hall–Kier alpha value is -3.07. The van der Waals surface area contributed by atoms with Gasteiger partial charge in [-0.3, -0.25) is 9.69 Å². The number of likely N-dealkylation sites (tertiary alicyclic amines) is 1. The second kappa shape index (κ2) is 11.3. The summed E-state index contributed by atoms with van der Waals surface area (Å²) in [6.45, 7) is 8.59. The lowest BCUT2D eigenvalue weighted by Crippen LogP contribution is -2.46. The van der Waals surface area contributed by atoms with Gasteiger partial charge >= 0.3 is 0 Å². The van der Waals surface area contributed by atoms with E-state index in [1.807, 2.05) is 23.1 Å². The third-order valence-corrected chi connectivity index (χ3v) is 9.40. The van der Waals surface area contributed by atoms with Crippen molar-refractivity contribution in [2.45, 2.75) is 63.8 Å². The first-order valence-electron chi connectivity index (χ1n) is 15.2. The van der Waals surface area contributed by atoms with Gasteiger partial charge in [-0.05, 0) is 79.8 Å². The molecule has 3 atom stereocenters. The van der Waals surface area contributed by atoms with Gasteiger partial charge in [-0.15, -0.1) is 0 Å². The van der Waals surface area contributed by atoms with Crippen LogP contribution < -0.4 is 10.1 Å². The van der Waals surface area contributed by atoms with Crippen molar-refractivity contribution >= 4 is 16.8 Å². The summed E-state index contributed by atoms with van der Waals surface area (Å²) in [5.74, 6) is 1.38. The molecule has 8 heteroatoms. The fraction of sp³-hybridized carbons (Fsp3) is 0.515. The maximum Gasteiger partial charge on any atom is 0.254 e. The van der Waals surface area contributed by atoms with E-state index in [0.717, 1.165) is 98.6 Å². The number of piperidine rings is 1. The number of nitrogens with zero attached hydrogens (tertiary/aromatic N) is 3. The number of halogens is 1.